The summed E-state index contributed by atoms with van der Waals surface area (Å²) in [6.45, 7) is 3.92. The molecule has 3 aromatic rings. The number of hydrogen-bond donors (Lipinski definition) is 1. The average molecular weight is 387 g/mol. The molecule has 0 aliphatic heterocycles. The first kappa shape index (κ1) is 18.3. The van der Waals surface area contributed by atoms with E-state index >= 15 is 0 Å². The Morgan fingerprint density at radius 2 is 1.96 bits per heavy atom. The van der Waals surface area contributed by atoms with Gasteiger partial charge in [0.1, 0.15) is 0 Å². The molecule has 1 N–H and O–H groups in total. The highest BCUT2D eigenvalue weighted by molar-refractivity contribution is 7.99. The zero-order valence-electron chi connectivity index (χ0n) is 14.3. The third-order valence-electron chi connectivity index (χ3n) is 3.50. The van der Waals surface area contributed by atoms with Crippen molar-refractivity contribution < 1.29 is 9.59 Å². The number of nitrogens with one attached hydrogen (secondary N) is 1. The second-order valence-corrected chi connectivity index (χ2v) is 7.71. The number of carbonyl (C=O) groups excluding carboxylic acids is 2. The Labute approximate surface area is 158 Å². The minimum atomic E-state index is -0.0928. The van der Waals surface area contributed by atoms with Crippen molar-refractivity contribution in [2.24, 2.45) is 0 Å². The number of hydrogen-bond acceptors (Lipinski definition) is 7. The highest BCUT2D eigenvalue weighted by Gasteiger charge is 2.14. The lowest BCUT2D eigenvalue weighted by Crippen LogP contribution is -2.18. The third-order valence-corrected chi connectivity index (χ3v) is 5.55. The van der Waals surface area contributed by atoms with E-state index in [-0.39, 0.29) is 17.4 Å². The van der Waals surface area contributed by atoms with Crippen LogP contribution in [0.5, 0.6) is 0 Å². The number of thioether (sulfide) groups is 1. The normalized spacial score (nSPS) is 10.7. The van der Waals surface area contributed by atoms with Crippen molar-refractivity contribution in [3.63, 3.8) is 0 Å². The lowest BCUT2D eigenvalue weighted by molar-refractivity contribution is -0.119. The Hall–Kier alpha value is -2.52. The van der Waals surface area contributed by atoms with Gasteiger partial charge in [-0.2, -0.15) is 4.68 Å². The van der Waals surface area contributed by atoms with Gasteiger partial charge in [-0.3, -0.25) is 9.59 Å². The molecule has 0 fully saturated rings. The quantitative estimate of drug-likeness (QED) is 0.495. The van der Waals surface area contributed by atoms with Gasteiger partial charge in [-0.1, -0.05) is 29.5 Å². The Kier molecular flexibility index (Phi) is 5.79. The number of aryl methyl sites for hydroxylation is 1. The van der Waals surface area contributed by atoms with E-state index in [1.807, 2.05) is 37.3 Å². The van der Waals surface area contributed by atoms with E-state index in [0.29, 0.717) is 16.6 Å². The van der Waals surface area contributed by atoms with Gasteiger partial charge in [0.15, 0.2) is 5.78 Å². The number of benzene rings is 1. The fraction of sp³-hybridized carbons (Fsp3) is 0.235. The van der Waals surface area contributed by atoms with Crippen molar-refractivity contribution in [1.82, 2.24) is 25.5 Å². The summed E-state index contributed by atoms with van der Waals surface area (Å²) in [6, 6.07) is 11.5. The Morgan fingerprint density at radius 3 is 2.69 bits per heavy atom. The van der Waals surface area contributed by atoms with Crippen molar-refractivity contribution in [1.29, 1.82) is 0 Å². The fourth-order valence-electron chi connectivity index (χ4n) is 2.15. The number of nitrogens with zero attached hydrogens (tertiary/aromatic N) is 4. The summed E-state index contributed by atoms with van der Waals surface area (Å²) in [7, 11) is 0. The van der Waals surface area contributed by atoms with Gasteiger partial charge in [-0.15, -0.1) is 16.4 Å². The number of tetrazole rings is 1. The van der Waals surface area contributed by atoms with Gasteiger partial charge in [0.05, 0.1) is 22.9 Å². The SMILES string of the molecule is CC(=O)NCc1ccc(C(=O)CSc2nnnn2-c2ccc(C)cc2)s1. The molecule has 7 nitrogen and oxygen atoms in total. The molecule has 26 heavy (non-hydrogen) atoms. The Balaban J connectivity index is 1.63. The molecule has 1 aromatic carbocycles. The van der Waals surface area contributed by atoms with Crippen LogP contribution in [-0.2, 0) is 11.3 Å². The van der Waals surface area contributed by atoms with Crippen LogP contribution in [-0.4, -0.2) is 37.7 Å². The molecule has 2 heterocycles. The second-order valence-electron chi connectivity index (χ2n) is 5.60. The van der Waals surface area contributed by atoms with Crippen LogP contribution in [0.4, 0.5) is 0 Å². The molecule has 0 saturated heterocycles. The van der Waals surface area contributed by atoms with E-state index in [0.717, 1.165) is 16.1 Å². The standard InChI is InChI=1S/C17H17N5O2S2/c1-11-3-5-13(6-4-11)22-17(19-20-21-22)25-10-15(24)16-8-7-14(26-16)9-18-12(2)23/h3-8H,9-10H2,1-2H3,(H,18,23). The number of rotatable bonds is 7. The lowest BCUT2D eigenvalue weighted by atomic mass is 10.2. The van der Waals surface area contributed by atoms with Crippen LogP contribution >= 0.6 is 23.1 Å². The maximum absolute atomic E-state index is 12.4. The van der Waals surface area contributed by atoms with Gasteiger partial charge in [-0.05, 0) is 41.6 Å². The lowest BCUT2D eigenvalue weighted by Gasteiger charge is -2.04. The molecule has 0 spiro atoms. The van der Waals surface area contributed by atoms with Crippen LogP contribution in [0.3, 0.4) is 0 Å². The number of thiophene rings is 1. The molecular weight excluding hydrogens is 370 g/mol. The van der Waals surface area contributed by atoms with Crippen LogP contribution in [0.25, 0.3) is 5.69 Å². The van der Waals surface area contributed by atoms with E-state index < -0.39 is 0 Å². The summed E-state index contributed by atoms with van der Waals surface area (Å²) in [5.41, 5.74) is 2.00. The second kappa shape index (κ2) is 8.24. The van der Waals surface area contributed by atoms with Gasteiger partial charge < -0.3 is 5.32 Å². The first-order chi connectivity index (χ1) is 12.5. The molecule has 0 aliphatic rings. The number of Topliss-reactive ketones (excluding diaryl/α,β-unsaturated/α-hetero) is 1. The summed E-state index contributed by atoms with van der Waals surface area (Å²) >= 11 is 2.68. The first-order valence-electron chi connectivity index (χ1n) is 7.87. The molecule has 1 amide bonds. The van der Waals surface area contributed by atoms with E-state index in [4.69, 9.17) is 0 Å². The number of carbonyl (C=O) groups is 2. The van der Waals surface area contributed by atoms with Gasteiger partial charge in [0.2, 0.25) is 11.1 Å². The molecule has 3 rings (SSSR count). The van der Waals surface area contributed by atoms with Gasteiger partial charge in [-0.25, -0.2) is 0 Å². The number of amides is 1. The molecule has 2 aromatic heterocycles. The smallest absolute Gasteiger partial charge is 0.217 e. The predicted octanol–water partition coefficient (Wildman–Crippen LogP) is 2.64. The van der Waals surface area contributed by atoms with Crippen molar-refractivity contribution >= 4 is 34.8 Å². The first-order valence-corrected chi connectivity index (χ1v) is 9.67. The number of aromatic nitrogens is 4. The summed E-state index contributed by atoms with van der Waals surface area (Å²) in [6.07, 6.45) is 0. The highest BCUT2D eigenvalue weighted by Crippen LogP contribution is 2.22. The molecule has 0 bridgehead atoms. The molecule has 134 valence electrons. The molecule has 9 heteroatoms. The summed E-state index contributed by atoms with van der Waals surface area (Å²) in [4.78, 5) is 25.0. The average Bonchev–Trinajstić information content (AvgIpc) is 3.28. The maximum Gasteiger partial charge on any atom is 0.217 e. The van der Waals surface area contributed by atoms with Crippen LogP contribution < -0.4 is 5.32 Å². The highest BCUT2D eigenvalue weighted by atomic mass is 32.2. The van der Waals surface area contributed by atoms with Crippen LogP contribution in [0.2, 0.25) is 0 Å². The molecular formula is C17H17N5O2S2. The van der Waals surface area contributed by atoms with Crippen LogP contribution in [0.15, 0.2) is 41.6 Å². The van der Waals surface area contributed by atoms with Crippen LogP contribution in [0, 0.1) is 6.92 Å². The van der Waals surface area contributed by atoms with Crippen molar-refractivity contribution in [2.45, 2.75) is 25.5 Å². The molecule has 0 unspecified atom stereocenters. The van der Waals surface area contributed by atoms with E-state index in [2.05, 4.69) is 20.8 Å². The maximum atomic E-state index is 12.4. The number of ketones is 1. The minimum absolute atomic E-state index is 0.00697. The minimum Gasteiger partial charge on any atom is -0.351 e. The molecule has 0 atom stereocenters. The summed E-state index contributed by atoms with van der Waals surface area (Å²) in [5, 5.41) is 15.0. The Morgan fingerprint density at radius 1 is 1.19 bits per heavy atom. The van der Waals surface area contributed by atoms with Crippen molar-refractivity contribution in [3.05, 3.63) is 51.7 Å². The van der Waals surface area contributed by atoms with Crippen molar-refractivity contribution in [3.8, 4) is 5.69 Å². The largest absolute Gasteiger partial charge is 0.351 e. The summed E-state index contributed by atoms with van der Waals surface area (Å²) in [5.74, 6) is 0.157. The van der Waals surface area contributed by atoms with Gasteiger partial charge in [0, 0.05) is 11.8 Å². The van der Waals surface area contributed by atoms with E-state index in [1.54, 1.807) is 10.7 Å². The molecule has 0 radical (unpaired) electrons. The molecule has 0 saturated carbocycles. The molecule has 0 aliphatic carbocycles. The summed E-state index contributed by atoms with van der Waals surface area (Å²) < 4.78 is 1.62. The van der Waals surface area contributed by atoms with E-state index in [1.165, 1.54) is 30.0 Å². The monoisotopic (exact) mass is 387 g/mol. The van der Waals surface area contributed by atoms with Crippen LogP contribution in [0.1, 0.15) is 27.0 Å². The topological polar surface area (TPSA) is 89.8 Å². The third kappa shape index (κ3) is 4.55. The van der Waals surface area contributed by atoms with Gasteiger partial charge >= 0.3 is 0 Å². The zero-order chi connectivity index (χ0) is 18.5. The fourth-order valence-corrected chi connectivity index (χ4v) is 3.90. The zero-order valence-corrected chi connectivity index (χ0v) is 15.9. The van der Waals surface area contributed by atoms with Crippen molar-refractivity contribution in [2.75, 3.05) is 5.75 Å². The Bertz CT molecular complexity index is 917. The predicted molar refractivity (Wildman–Crippen MR) is 101 cm³/mol. The van der Waals surface area contributed by atoms with E-state index in [9.17, 15) is 9.59 Å². The van der Waals surface area contributed by atoms with Gasteiger partial charge in [0.25, 0.3) is 0 Å².